The topological polar surface area (TPSA) is 67.9 Å². The molecule has 0 aliphatic heterocycles. The van der Waals surface area contributed by atoms with Crippen molar-refractivity contribution < 1.29 is 19.1 Å². The Labute approximate surface area is 160 Å². The monoisotopic (exact) mass is 370 g/mol. The van der Waals surface area contributed by atoms with Crippen molar-refractivity contribution in [2.75, 3.05) is 26.6 Å². The van der Waals surface area contributed by atoms with E-state index in [1.165, 1.54) is 6.92 Å². The fourth-order valence-corrected chi connectivity index (χ4v) is 2.64. The fourth-order valence-electron chi connectivity index (χ4n) is 2.64. The number of carbonyl (C=O) groups excluding carboxylic acids is 2. The number of hydrogen-bond acceptors (Lipinski definition) is 5. The first-order valence-electron chi connectivity index (χ1n) is 8.68. The summed E-state index contributed by atoms with van der Waals surface area (Å²) < 4.78 is 10.6. The second-order valence-corrected chi connectivity index (χ2v) is 6.40. The zero-order valence-corrected chi connectivity index (χ0v) is 16.4. The molecule has 1 N–H and O–H groups in total. The number of methoxy groups -OCH3 is 2. The molecule has 0 radical (unpaired) electrons. The van der Waals surface area contributed by atoms with Crippen molar-refractivity contribution in [1.82, 2.24) is 4.90 Å². The molecule has 1 amide bonds. The number of anilines is 1. The third kappa shape index (κ3) is 5.31. The van der Waals surface area contributed by atoms with E-state index in [0.717, 1.165) is 5.56 Å². The summed E-state index contributed by atoms with van der Waals surface area (Å²) in [4.78, 5) is 25.8. The predicted molar refractivity (Wildman–Crippen MR) is 106 cm³/mol. The fraction of sp³-hybridized carbons (Fsp3) is 0.333. The van der Waals surface area contributed by atoms with E-state index in [4.69, 9.17) is 9.47 Å². The summed E-state index contributed by atoms with van der Waals surface area (Å²) in [5.41, 5.74) is 2.29. The van der Waals surface area contributed by atoms with Crippen molar-refractivity contribution in [2.45, 2.75) is 26.4 Å². The minimum Gasteiger partial charge on any atom is -0.493 e. The van der Waals surface area contributed by atoms with Crippen LogP contribution in [0.1, 0.15) is 29.8 Å². The molecule has 6 heteroatoms. The van der Waals surface area contributed by atoms with Gasteiger partial charge in [-0.05, 0) is 62.9 Å². The highest BCUT2D eigenvalue weighted by Gasteiger charge is 2.19. The van der Waals surface area contributed by atoms with E-state index in [1.807, 2.05) is 37.1 Å². The third-order valence-electron chi connectivity index (χ3n) is 4.48. The van der Waals surface area contributed by atoms with Gasteiger partial charge in [-0.2, -0.15) is 0 Å². The highest BCUT2D eigenvalue weighted by molar-refractivity contribution is 5.96. The molecule has 2 aromatic carbocycles. The molecule has 0 aliphatic rings. The largest absolute Gasteiger partial charge is 0.493 e. The van der Waals surface area contributed by atoms with Gasteiger partial charge in [-0.3, -0.25) is 14.5 Å². The van der Waals surface area contributed by atoms with E-state index in [2.05, 4.69) is 5.32 Å². The minimum atomic E-state index is -0.342. The molecule has 1 atom stereocenters. The standard InChI is InChI=1S/C21H26N2O4/c1-14(21(25)22-18-9-7-17(8-10-18)15(2)24)23(3)13-16-6-11-19(26-4)20(12-16)27-5/h6-12,14H,13H2,1-5H3,(H,22,25)/t14-/m1/s1. The van der Waals surface area contributed by atoms with Crippen LogP contribution in [0.5, 0.6) is 11.5 Å². The van der Waals surface area contributed by atoms with Gasteiger partial charge in [0.05, 0.1) is 20.3 Å². The summed E-state index contributed by atoms with van der Waals surface area (Å²) >= 11 is 0. The number of carbonyl (C=O) groups is 2. The number of likely N-dealkylation sites (N-methyl/N-ethyl adjacent to an activating group) is 1. The van der Waals surface area contributed by atoms with Crippen LogP contribution < -0.4 is 14.8 Å². The molecule has 2 aromatic rings. The van der Waals surface area contributed by atoms with Crippen molar-refractivity contribution in [3.8, 4) is 11.5 Å². The maximum Gasteiger partial charge on any atom is 0.241 e. The zero-order valence-electron chi connectivity index (χ0n) is 16.4. The highest BCUT2D eigenvalue weighted by atomic mass is 16.5. The van der Waals surface area contributed by atoms with E-state index < -0.39 is 0 Å². The molecular weight excluding hydrogens is 344 g/mol. The Morgan fingerprint density at radius 2 is 1.67 bits per heavy atom. The predicted octanol–water partition coefficient (Wildman–Crippen LogP) is 3.37. The van der Waals surface area contributed by atoms with Crippen LogP contribution in [0.2, 0.25) is 0 Å². The number of amides is 1. The van der Waals surface area contributed by atoms with Crippen molar-refractivity contribution in [1.29, 1.82) is 0 Å². The van der Waals surface area contributed by atoms with Gasteiger partial charge in [-0.25, -0.2) is 0 Å². The zero-order chi connectivity index (χ0) is 20.0. The number of hydrogen-bond donors (Lipinski definition) is 1. The average Bonchev–Trinajstić information content (AvgIpc) is 2.67. The third-order valence-corrected chi connectivity index (χ3v) is 4.48. The summed E-state index contributed by atoms with van der Waals surface area (Å²) in [6, 6.07) is 12.2. The maximum absolute atomic E-state index is 12.5. The molecule has 27 heavy (non-hydrogen) atoms. The number of Topliss-reactive ketones (excluding diaryl/α,β-unsaturated/α-hetero) is 1. The number of nitrogens with zero attached hydrogens (tertiary/aromatic N) is 1. The molecule has 0 bridgehead atoms. The number of ether oxygens (including phenoxy) is 2. The average molecular weight is 370 g/mol. The van der Waals surface area contributed by atoms with E-state index in [-0.39, 0.29) is 17.7 Å². The summed E-state index contributed by atoms with van der Waals surface area (Å²) in [5, 5.41) is 2.88. The highest BCUT2D eigenvalue weighted by Crippen LogP contribution is 2.28. The summed E-state index contributed by atoms with van der Waals surface area (Å²) in [6.45, 7) is 3.94. The molecule has 0 spiro atoms. The number of ketones is 1. The second-order valence-electron chi connectivity index (χ2n) is 6.40. The van der Waals surface area contributed by atoms with Gasteiger partial charge in [0, 0.05) is 17.8 Å². The Morgan fingerprint density at radius 1 is 1.04 bits per heavy atom. The molecule has 0 fully saturated rings. The second kappa shape index (κ2) is 9.19. The molecule has 0 unspecified atom stereocenters. The van der Waals surface area contributed by atoms with Crippen LogP contribution in [-0.2, 0) is 11.3 Å². The molecule has 0 saturated carbocycles. The lowest BCUT2D eigenvalue weighted by atomic mass is 10.1. The maximum atomic E-state index is 12.5. The SMILES string of the molecule is COc1ccc(CN(C)[C@H](C)C(=O)Nc2ccc(C(C)=O)cc2)cc1OC. The van der Waals surface area contributed by atoms with Gasteiger partial charge < -0.3 is 14.8 Å². The quantitative estimate of drug-likeness (QED) is 0.722. The molecular formula is C21H26N2O4. The lowest BCUT2D eigenvalue weighted by Gasteiger charge is -2.24. The van der Waals surface area contributed by atoms with E-state index >= 15 is 0 Å². The molecule has 6 nitrogen and oxygen atoms in total. The number of benzene rings is 2. The van der Waals surface area contributed by atoms with Gasteiger partial charge in [0.1, 0.15) is 0 Å². The lowest BCUT2D eigenvalue weighted by molar-refractivity contribution is -0.120. The van der Waals surface area contributed by atoms with Gasteiger partial charge in [0.2, 0.25) is 5.91 Å². The van der Waals surface area contributed by atoms with Crippen molar-refractivity contribution >= 4 is 17.4 Å². The Bertz CT molecular complexity index is 802. The first-order chi connectivity index (χ1) is 12.8. The Kier molecular flexibility index (Phi) is 6.96. The Balaban J connectivity index is 2.00. The molecule has 0 saturated heterocycles. The Hall–Kier alpha value is -2.86. The summed E-state index contributed by atoms with van der Waals surface area (Å²) in [7, 11) is 5.08. The van der Waals surface area contributed by atoms with Gasteiger partial charge in [-0.1, -0.05) is 6.07 Å². The first kappa shape index (κ1) is 20.5. The van der Waals surface area contributed by atoms with E-state index in [0.29, 0.717) is 29.3 Å². The van der Waals surface area contributed by atoms with Crippen molar-refractivity contribution in [2.24, 2.45) is 0 Å². The normalized spacial score (nSPS) is 11.8. The van der Waals surface area contributed by atoms with E-state index in [1.54, 1.807) is 38.5 Å². The van der Waals surface area contributed by atoms with Crippen molar-refractivity contribution in [3.05, 3.63) is 53.6 Å². The number of rotatable bonds is 8. The van der Waals surface area contributed by atoms with Gasteiger partial charge >= 0.3 is 0 Å². The minimum absolute atomic E-state index is 0.00380. The van der Waals surface area contributed by atoms with Crippen molar-refractivity contribution in [3.63, 3.8) is 0 Å². The van der Waals surface area contributed by atoms with Gasteiger partial charge in [0.25, 0.3) is 0 Å². The van der Waals surface area contributed by atoms with E-state index in [9.17, 15) is 9.59 Å². The van der Waals surface area contributed by atoms with Crippen LogP contribution >= 0.6 is 0 Å². The van der Waals surface area contributed by atoms with Crippen LogP contribution in [0.25, 0.3) is 0 Å². The van der Waals surface area contributed by atoms with Crippen LogP contribution in [0.4, 0.5) is 5.69 Å². The molecule has 144 valence electrons. The molecule has 0 heterocycles. The lowest BCUT2D eigenvalue weighted by Crippen LogP contribution is -2.39. The number of nitrogens with one attached hydrogen (secondary N) is 1. The van der Waals surface area contributed by atoms with Crippen LogP contribution in [-0.4, -0.2) is 43.9 Å². The molecule has 0 aliphatic carbocycles. The van der Waals surface area contributed by atoms with Gasteiger partial charge in [-0.15, -0.1) is 0 Å². The van der Waals surface area contributed by atoms with Crippen LogP contribution in [0.3, 0.4) is 0 Å². The molecule has 2 rings (SSSR count). The first-order valence-corrected chi connectivity index (χ1v) is 8.68. The summed E-state index contributed by atoms with van der Waals surface area (Å²) in [5.74, 6) is 1.21. The van der Waals surface area contributed by atoms with Crippen LogP contribution in [0, 0.1) is 0 Å². The summed E-state index contributed by atoms with van der Waals surface area (Å²) in [6.07, 6.45) is 0. The molecule has 0 aromatic heterocycles. The van der Waals surface area contributed by atoms with Gasteiger partial charge in [0.15, 0.2) is 17.3 Å². The Morgan fingerprint density at radius 3 is 2.22 bits per heavy atom. The van der Waals surface area contributed by atoms with Crippen LogP contribution in [0.15, 0.2) is 42.5 Å². The smallest absolute Gasteiger partial charge is 0.241 e.